The van der Waals surface area contributed by atoms with Crippen LogP contribution in [0.5, 0.6) is 17.2 Å². The Morgan fingerprint density at radius 3 is 1.29 bits per heavy atom. The minimum Gasteiger partial charge on any atom is -0.448 e. The highest BCUT2D eigenvalue weighted by Crippen LogP contribution is 2.46. The summed E-state index contributed by atoms with van der Waals surface area (Å²) in [5.41, 5.74) is 6.13. The first-order valence-electron chi connectivity index (χ1n) is 39.6. The largest absolute Gasteiger partial charge is 0.448 e. The van der Waals surface area contributed by atoms with Crippen molar-refractivity contribution in [1.29, 1.82) is 15.8 Å². The number of likely N-dealkylation sites (N-methyl/N-ethyl adjacent to an activating group) is 2. The molecule has 8 aromatic carbocycles. The molecule has 1 aliphatic carbocycles. The average molecular weight is 1900 g/mol. The summed E-state index contributed by atoms with van der Waals surface area (Å²) in [6.45, 7) is -3.47. The third-order valence-electron chi connectivity index (χ3n) is 21.0. The molecule has 0 bridgehead atoms. The molecule has 3 unspecified atom stereocenters. The molecule has 7 atom stereocenters. The lowest BCUT2D eigenvalue weighted by Gasteiger charge is -2.33. The Labute approximate surface area is 762 Å². The van der Waals surface area contributed by atoms with Gasteiger partial charge in [0.1, 0.15) is 29.7 Å². The van der Waals surface area contributed by atoms with Gasteiger partial charge in [0.25, 0.3) is 0 Å². The fraction of sp³-hybridized carbons (Fsp3) is 0.302. The molecule has 2 saturated heterocycles. The Kier molecular flexibility index (Phi) is 32.4. The number of hydrogen-bond acceptors (Lipinski definition) is 19. The van der Waals surface area contributed by atoms with Crippen LogP contribution in [0.4, 0.5) is 61.4 Å². The maximum absolute atomic E-state index is 15.2. The molecule has 0 radical (unpaired) electrons. The van der Waals surface area contributed by atoms with Gasteiger partial charge in [-0.15, -0.1) is 0 Å². The van der Waals surface area contributed by atoms with Gasteiger partial charge in [-0.2, -0.15) is 57.4 Å². The summed E-state index contributed by atoms with van der Waals surface area (Å²) in [4.78, 5) is 58.5. The molecule has 14 rings (SSSR count). The Balaban J connectivity index is 0.000000184. The highest BCUT2D eigenvalue weighted by atomic mass is 35.5. The molecule has 674 valence electrons. The van der Waals surface area contributed by atoms with Crippen LogP contribution in [0.1, 0.15) is 80.2 Å². The van der Waals surface area contributed by atoms with Crippen LogP contribution in [0.25, 0.3) is 11.1 Å². The molecular weight excluding hydrogens is 1830 g/mol. The number of rotatable bonds is 22. The molecule has 2 fully saturated rings. The third kappa shape index (κ3) is 22.7. The molecule has 5 heterocycles. The van der Waals surface area contributed by atoms with Gasteiger partial charge < -0.3 is 44.3 Å². The molecule has 5 aliphatic heterocycles. The second kappa shape index (κ2) is 43.6. The Morgan fingerprint density at radius 1 is 0.512 bits per heavy atom. The van der Waals surface area contributed by atoms with Crippen molar-refractivity contribution in [1.82, 2.24) is 51.0 Å². The molecule has 0 aromatic heterocycles. The Hall–Kier alpha value is -12.4. The molecule has 43 heteroatoms. The number of likely N-dealkylation sites (tertiary alicyclic amines) is 1. The SMILES string of the molecule is CCCC1CN(C(=Nc2cccc(OC(F)F)c2F)NC#N)N=C1c1ccc(Cl)c(Cl)c1.CCN(C(=O)[C@H]1C[C@@H](O)CN1)C1CN(C(=Nc2cccc(OC(F)F)c2F)NC#N)N=C1c1ccc(Cl)c(Cl)c1.CCN(C(=O)[C@H]1C[C@@H](O)CN1C(=O)OCC1c2ccccc2-c2ccccc21)C1CN(C(=Nc2cccc(OC(F)F)c2F)NC#N)N=C1c1ccc(Cl)c(Cl)c1. The number of aliphatic hydroxyl groups excluding tert-OH is 2. The van der Waals surface area contributed by atoms with Crippen molar-refractivity contribution >= 4 is 140 Å². The summed E-state index contributed by atoms with van der Waals surface area (Å²) in [7, 11) is 0. The average Bonchev–Trinajstić information content (AvgIpc) is 1.60. The molecule has 3 amide bonds. The fourth-order valence-electron chi connectivity index (χ4n) is 15.3. The minimum absolute atomic E-state index is 0.00715. The number of carbonyl (C=O) groups excluding carboxylic acids is 3. The predicted octanol–water partition coefficient (Wildman–Crippen LogP) is 16.5. The van der Waals surface area contributed by atoms with Crippen molar-refractivity contribution < 1.29 is 83.1 Å². The Bertz CT molecular complexity index is 5790. The normalized spacial score (nSPS) is 18.8. The van der Waals surface area contributed by atoms with Crippen molar-refractivity contribution in [3.8, 4) is 47.0 Å². The number of alkyl halides is 6. The molecule has 6 N–H and O–H groups in total. The van der Waals surface area contributed by atoms with Crippen LogP contribution < -0.4 is 35.5 Å². The number of carbonyl (C=O) groups is 3. The standard InChI is InChI=1S/C40H34Cl2F3N7O5.C25H24Cl2F3N7O3.C21H18Cl2F3N5O/c1-2-50(37(54)32-17-23(53)18-51(32)40(55)56-20-28-26-10-5-3-8-24(26)25-9-4-6-11-27(25)28)33-19-52(49-36(33)22-14-15-29(41)30(42)16-22)39(47-21-46)48-31-12-7-13-34(35(31)43)57-38(44)45;1-2-36(23(39)18-9-14(38)10-32-18)19-11-37(35-22(19)13-6-7-15(26)16(27)8-13)25(33-12-31)34-17-4-3-5-20(21(17)28)40-24(29)30;1-2-4-13-10-31(30-19(13)12-7-8-14(22)15(23)9-12)21(28-11-27)29-16-5-3-6-17(18(16)24)32-20(25)26/h3-16,23,28,32-33,38,53H,2,17-20H2,1H3,(H,47,48);3-8,14,18-19,24,32,38H,2,9-11H2,1H3,(H,33,34);3,5-9,13,20H,2,4,10H2,1H3,(H,28,29)/t23-,32-,33?;14-,18-,19?;/m11./s1. The summed E-state index contributed by atoms with van der Waals surface area (Å²) >= 11 is 37.1. The second-order valence-corrected chi connectivity index (χ2v) is 31.4. The van der Waals surface area contributed by atoms with E-state index in [1.165, 1.54) is 67.3 Å². The summed E-state index contributed by atoms with van der Waals surface area (Å²) in [5.74, 6) is -7.20. The van der Waals surface area contributed by atoms with E-state index in [0.29, 0.717) is 44.2 Å². The van der Waals surface area contributed by atoms with Gasteiger partial charge in [0, 0.05) is 49.0 Å². The number of β-amino-alcohol motifs (C(OH)–C–C–N with tert-alkyl or cyclic N) is 2. The number of fused-ring (bicyclic) bond motifs is 3. The van der Waals surface area contributed by atoms with E-state index >= 15 is 4.39 Å². The first-order valence-corrected chi connectivity index (χ1v) is 41.9. The van der Waals surface area contributed by atoms with Crippen LogP contribution >= 0.6 is 69.6 Å². The number of guanidine groups is 3. The zero-order valence-electron chi connectivity index (χ0n) is 68.0. The van der Waals surface area contributed by atoms with Gasteiger partial charge >= 0.3 is 25.9 Å². The number of nitrogens with one attached hydrogen (secondary N) is 4. The molecule has 6 aliphatic rings. The molecular formula is C86H76Cl6F9N19O9. The van der Waals surface area contributed by atoms with Crippen LogP contribution in [0.2, 0.25) is 30.1 Å². The predicted molar refractivity (Wildman–Crippen MR) is 465 cm³/mol. The lowest BCUT2D eigenvalue weighted by Crippen LogP contribution is -2.54. The molecule has 0 saturated carbocycles. The highest BCUT2D eigenvalue weighted by Gasteiger charge is 2.47. The maximum atomic E-state index is 15.2. The number of hydrogen-bond donors (Lipinski definition) is 6. The summed E-state index contributed by atoms with van der Waals surface area (Å²) in [6.07, 6.45) is 4.59. The topological polar surface area (TPSA) is 342 Å². The van der Waals surface area contributed by atoms with Crippen LogP contribution in [-0.4, -0.2) is 201 Å². The van der Waals surface area contributed by atoms with E-state index in [1.807, 2.05) is 55.5 Å². The van der Waals surface area contributed by atoms with Gasteiger partial charge in [-0.05, 0) is 127 Å². The summed E-state index contributed by atoms with van der Waals surface area (Å²) < 4.78 is 139. The minimum atomic E-state index is -3.30. The van der Waals surface area contributed by atoms with Gasteiger partial charge in [-0.25, -0.2) is 48.0 Å². The van der Waals surface area contributed by atoms with Crippen LogP contribution in [-0.2, 0) is 14.3 Å². The van der Waals surface area contributed by atoms with Crippen molar-refractivity contribution in [2.45, 2.75) is 109 Å². The molecule has 28 nitrogen and oxygen atoms in total. The maximum Gasteiger partial charge on any atom is 0.410 e. The van der Waals surface area contributed by atoms with Gasteiger partial charge in [0.05, 0.1) is 104 Å². The number of amides is 3. The number of hydrazone groups is 3. The number of ether oxygens (including phenoxy) is 4. The number of benzene rings is 8. The fourth-order valence-corrected chi connectivity index (χ4v) is 16.2. The van der Waals surface area contributed by atoms with Gasteiger partial charge in [-0.1, -0.05) is 168 Å². The zero-order valence-corrected chi connectivity index (χ0v) is 72.5. The quantitative estimate of drug-likeness (QED) is 0.0121. The number of halogens is 15. The molecule has 0 spiro atoms. The van der Waals surface area contributed by atoms with Gasteiger partial charge in [0.15, 0.2) is 53.3 Å². The van der Waals surface area contributed by atoms with Crippen LogP contribution in [0, 0.1) is 57.7 Å². The van der Waals surface area contributed by atoms with E-state index in [-0.39, 0.29) is 121 Å². The number of aliphatic hydroxyl groups is 2. The van der Waals surface area contributed by atoms with Crippen molar-refractivity contribution in [3.05, 3.63) is 233 Å². The van der Waals surface area contributed by atoms with Crippen LogP contribution in [0.3, 0.4) is 0 Å². The van der Waals surface area contributed by atoms with E-state index in [2.05, 4.69) is 65.8 Å². The van der Waals surface area contributed by atoms with E-state index in [4.69, 9.17) is 74.3 Å². The lowest BCUT2D eigenvalue weighted by atomic mass is 9.93. The van der Waals surface area contributed by atoms with Crippen molar-refractivity contribution in [2.24, 2.45) is 36.2 Å². The van der Waals surface area contributed by atoms with Gasteiger partial charge in [-0.3, -0.25) is 30.4 Å². The van der Waals surface area contributed by atoms with E-state index < -0.39 is 114 Å². The van der Waals surface area contributed by atoms with Gasteiger partial charge in [0.2, 0.25) is 29.7 Å². The van der Waals surface area contributed by atoms with E-state index in [0.717, 1.165) is 58.9 Å². The van der Waals surface area contributed by atoms with E-state index in [1.54, 1.807) is 85.9 Å². The highest BCUT2D eigenvalue weighted by molar-refractivity contribution is 6.43. The third-order valence-corrected chi connectivity index (χ3v) is 23.2. The summed E-state index contributed by atoms with van der Waals surface area (Å²) in [5, 5.41) is 78.5. The monoisotopic (exact) mass is 1900 g/mol. The van der Waals surface area contributed by atoms with Crippen molar-refractivity contribution in [2.75, 3.05) is 52.4 Å². The molecule has 8 aromatic rings. The van der Waals surface area contributed by atoms with E-state index in [9.17, 15) is 75.5 Å². The number of aliphatic imine (C=N–C) groups is 3. The molecule has 129 heavy (non-hydrogen) atoms. The zero-order chi connectivity index (χ0) is 92.6. The summed E-state index contributed by atoms with van der Waals surface area (Å²) in [6, 6.07) is 37.8. The van der Waals surface area contributed by atoms with Crippen LogP contribution in [0.15, 0.2) is 188 Å². The first-order chi connectivity index (χ1) is 61.9. The number of nitrogens with zero attached hydrogens (tertiary/aromatic N) is 15. The first kappa shape index (κ1) is 95.7. The number of nitriles is 3. The Morgan fingerprint density at radius 2 is 0.907 bits per heavy atom. The second-order valence-electron chi connectivity index (χ2n) is 29.0. The lowest BCUT2D eigenvalue weighted by molar-refractivity contribution is -0.136. The smallest absolute Gasteiger partial charge is 0.410 e. The van der Waals surface area contributed by atoms with Crippen molar-refractivity contribution in [3.63, 3.8) is 0 Å².